The first-order chi connectivity index (χ1) is 44.7. The van der Waals surface area contributed by atoms with Gasteiger partial charge in [-0.2, -0.15) is 9.13 Å². The Kier molecular flexibility index (Phi) is 31.0. The smallest absolute Gasteiger partial charge is 0.248 e. The van der Waals surface area contributed by atoms with Crippen molar-refractivity contribution in [3.63, 3.8) is 0 Å². The van der Waals surface area contributed by atoms with Gasteiger partial charge in [-0.3, -0.25) is 0 Å². The lowest BCUT2D eigenvalue weighted by Gasteiger charge is -2.06. The topological polar surface area (TPSA) is 49.6 Å². The van der Waals surface area contributed by atoms with E-state index in [2.05, 4.69) is 280 Å². The number of para-hydroxylation sites is 1. The SMILES string of the molecule is C.C.C.C.C.C.Cc1c(-c2cccc[n+]2C)oc2ccccc12.Cc1c(-c2cccc[n+]2C)sc2ccccc12.Cc1cc2ccccc2cc1-c1cccc[n+]1C.Cc1ccccc1-c1cccc[n+]1C.Cc1ccoc1-c1cccc[n+]1C.Cc1ccsc1-c1cccc[n+]1C. The minimum atomic E-state index is 0. The third-order valence-corrected chi connectivity index (χ3v) is 18.8. The molecule has 0 unspecified atom stereocenters. The van der Waals surface area contributed by atoms with Crippen LogP contribution in [-0.2, 0) is 42.3 Å². The van der Waals surface area contributed by atoms with E-state index in [1.165, 1.54) is 103 Å². The quantitative estimate of drug-likeness (QED) is 0.156. The van der Waals surface area contributed by atoms with E-state index < -0.39 is 0 Å². The minimum absolute atomic E-state index is 0. The number of aromatic nitrogens is 6. The Labute approximate surface area is 594 Å². The number of aryl methyl sites for hydroxylation is 12. The summed E-state index contributed by atoms with van der Waals surface area (Å²) in [5.41, 5.74) is 18.6. The molecule has 10 heterocycles. The van der Waals surface area contributed by atoms with E-state index in [0.29, 0.717) is 0 Å². The predicted octanol–water partition coefficient (Wildman–Crippen LogP) is 21.5. The number of hydrogen-bond acceptors (Lipinski definition) is 4. The Morgan fingerprint density at radius 2 is 0.724 bits per heavy atom. The van der Waals surface area contributed by atoms with Gasteiger partial charge in [0.05, 0.1) is 6.26 Å². The molecule has 10 aromatic heterocycles. The fourth-order valence-electron chi connectivity index (χ4n) is 11.2. The molecule has 5 aromatic carbocycles. The standard InChI is InChI=1S/C17H16N.C15H14NO.C15H14NS.C13H14N.C11H12NO.C11H12NS.6CH4/c1-13-11-14-7-3-4-8-15(14)12-16(13)17-9-5-6-10-18(17)2;2*1-11-12-7-3-4-9-14(12)17-15(11)13-8-5-6-10-16(13)2;1-11-7-3-4-8-12(11)13-9-5-6-10-14(13)2;2*1-9-6-8-13-11(9)10-5-3-4-7-12(10)2;;;;;;/h3-12H,1-2H3;2*3-10H,1-2H3;3-10H,1-2H3;2*3-8H,1-2H3;6*1H4/q6*+1;;;;;;. The molecule has 0 aliphatic carbocycles. The van der Waals surface area contributed by atoms with Gasteiger partial charge in [-0.25, -0.2) is 18.3 Å². The van der Waals surface area contributed by atoms with Crippen LogP contribution in [0.3, 0.4) is 0 Å². The first kappa shape index (κ1) is 80.2. The maximum Gasteiger partial charge on any atom is 0.248 e. The first-order valence-corrected chi connectivity index (χ1v) is 32.7. The van der Waals surface area contributed by atoms with Gasteiger partial charge in [0, 0.05) is 105 Å². The molecule has 0 aliphatic rings. The summed E-state index contributed by atoms with van der Waals surface area (Å²) in [5.74, 6) is 1.90. The Hall–Kier alpha value is -10.3. The Morgan fingerprint density at radius 3 is 1.19 bits per heavy atom. The highest BCUT2D eigenvalue weighted by Gasteiger charge is 2.20. The fraction of sp³-hybridized carbons (Fsp3) is 0.205. The summed E-state index contributed by atoms with van der Waals surface area (Å²) in [4.78, 5) is 2.73. The van der Waals surface area contributed by atoms with Gasteiger partial charge >= 0.3 is 0 Å². The second kappa shape index (κ2) is 37.9. The van der Waals surface area contributed by atoms with Crippen molar-refractivity contribution in [2.75, 3.05) is 0 Å². The van der Waals surface area contributed by atoms with E-state index in [0.717, 1.165) is 28.5 Å². The lowest BCUT2D eigenvalue weighted by atomic mass is 9.99. The van der Waals surface area contributed by atoms with Crippen LogP contribution < -0.4 is 27.4 Å². The summed E-state index contributed by atoms with van der Waals surface area (Å²) < 4.78 is 25.5. The van der Waals surface area contributed by atoms with Crippen molar-refractivity contribution in [1.82, 2.24) is 0 Å². The monoisotopic (exact) mass is 1340 g/mol. The van der Waals surface area contributed by atoms with Crippen molar-refractivity contribution < 1.29 is 36.2 Å². The molecular weight excluding hydrogens is 1240 g/mol. The van der Waals surface area contributed by atoms with E-state index in [9.17, 15) is 0 Å². The van der Waals surface area contributed by atoms with Gasteiger partial charge < -0.3 is 8.83 Å². The molecule has 0 amide bonds. The number of benzene rings is 5. The van der Waals surface area contributed by atoms with Gasteiger partial charge in [0.15, 0.2) is 37.2 Å². The van der Waals surface area contributed by atoms with Crippen molar-refractivity contribution in [2.24, 2.45) is 42.3 Å². The van der Waals surface area contributed by atoms with Crippen molar-refractivity contribution in [3.05, 3.63) is 313 Å². The Bertz CT molecular complexity index is 4710. The molecule has 15 rings (SSSR count). The fourth-order valence-corrected chi connectivity index (χ4v) is 13.5. The van der Waals surface area contributed by atoms with Crippen LogP contribution in [0.25, 0.3) is 98.4 Å². The molecule has 0 saturated carbocycles. The summed E-state index contributed by atoms with van der Waals surface area (Å²) >= 11 is 3.67. The van der Waals surface area contributed by atoms with Crippen LogP contribution in [0.4, 0.5) is 0 Å². The van der Waals surface area contributed by atoms with E-state index in [1.807, 2.05) is 116 Å². The average molecular weight is 1340 g/mol. The van der Waals surface area contributed by atoms with Gasteiger partial charge in [-0.15, -0.1) is 22.7 Å². The highest BCUT2D eigenvalue weighted by atomic mass is 32.1. The molecule has 0 spiro atoms. The predicted molar refractivity (Wildman–Crippen MR) is 420 cm³/mol. The molecule has 0 saturated heterocycles. The van der Waals surface area contributed by atoms with Crippen LogP contribution in [0.15, 0.2) is 288 Å². The number of furan rings is 2. The Balaban J connectivity index is 0.000000248. The van der Waals surface area contributed by atoms with Crippen molar-refractivity contribution >= 4 is 54.5 Å². The lowest BCUT2D eigenvalue weighted by Crippen LogP contribution is -2.30. The number of hydrogen-bond donors (Lipinski definition) is 0. The summed E-state index contributed by atoms with van der Waals surface area (Å²) in [7, 11) is 12.4. The Morgan fingerprint density at radius 1 is 0.306 bits per heavy atom. The summed E-state index contributed by atoms with van der Waals surface area (Å²) in [5, 5.41) is 7.29. The maximum atomic E-state index is 5.94. The van der Waals surface area contributed by atoms with E-state index in [1.54, 1.807) is 17.6 Å². The lowest BCUT2D eigenvalue weighted by molar-refractivity contribution is -0.661. The summed E-state index contributed by atoms with van der Waals surface area (Å²) in [6.07, 6.45) is 14.1. The van der Waals surface area contributed by atoms with Crippen LogP contribution in [-0.4, -0.2) is 0 Å². The molecule has 0 bridgehead atoms. The highest BCUT2D eigenvalue weighted by molar-refractivity contribution is 7.22. The van der Waals surface area contributed by atoms with Crippen molar-refractivity contribution in [2.45, 2.75) is 86.1 Å². The average Bonchev–Trinajstić information content (AvgIpc) is 1.33. The molecule has 0 radical (unpaired) electrons. The molecule has 8 nitrogen and oxygen atoms in total. The van der Waals surface area contributed by atoms with Crippen LogP contribution in [0, 0.1) is 41.5 Å². The van der Waals surface area contributed by atoms with E-state index in [4.69, 9.17) is 8.83 Å². The summed E-state index contributed by atoms with van der Waals surface area (Å²) in [6.45, 7) is 12.8. The second-order valence-electron chi connectivity index (χ2n) is 23.0. The number of nitrogens with zero attached hydrogens (tertiary/aromatic N) is 6. The van der Waals surface area contributed by atoms with Crippen LogP contribution in [0.1, 0.15) is 77.9 Å². The molecule has 0 N–H and O–H groups in total. The van der Waals surface area contributed by atoms with E-state index >= 15 is 0 Å². The normalized spacial score (nSPS) is 9.96. The number of fused-ring (bicyclic) bond motifs is 3. The van der Waals surface area contributed by atoms with Gasteiger partial charge in [0.2, 0.25) is 45.7 Å². The molecule has 506 valence electrons. The van der Waals surface area contributed by atoms with Crippen molar-refractivity contribution in [1.29, 1.82) is 0 Å². The molecule has 0 fully saturated rings. The van der Waals surface area contributed by atoms with Gasteiger partial charge in [0.1, 0.15) is 57.6 Å². The van der Waals surface area contributed by atoms with Gasteiger partial charge in [0.25, 0.3) is 0 Å². The minimum Gasteiger partial charge on any atom is -0.458 e. The van der Waals surface area contributed by atoms with Crippen LogP contribution in [0.2, 0.25) is 0 Å². The maximum absolute atomic E-state index is 5.94. The van der Waals surface area contributed by atoms with Gasteiger partial charge in [-0.05, 0) is 158 Å². The third-order valence-electron chi connectivity index (χ3n) is 16.5. The zero-order chi connectivity index (χ0) is 64.7. The zero-order valence-electron chi connectivity index (χ0n) is 54.9. The molecule has 15 aromatic rings. The highest BCUT2D eigenvalue weighted by Crippen LogP contribution is 2.37. The third kappa shape index (κ3) is 19.1. The summed E-state index contributed by atoms with van der Waals surface area (Å²) in [6, 6.07) is 79.7. The van der Waals surface area contributed by atoms with Crippen LogP contribution >= 0.6 is 22.7 Å². The largest absolute Gasteiger partial charge is 0.458 e. The molecule has 0 atom stereocenters. The first-order valence-electron chi connectivity index (χ1n) is 31.0. The van der Waals surface area contributed by atoms with Gasteiger partial charge in [-0.1, -0.05) is 129 Å². The van der Waals surface area contributed by atoms with Crippen LogP contribution in [0.5, 0.6) is 0 Å². The van der Waals surface area contributed by atoms with E-state index in [-0.39, 0.29) is 44.6 Å². The zero-order valence-corrected chi connectivity index (χ0v) is 56.5. The van der Waals surface area contributed by atoms with Crippen molar-refractivity contribution in [3.8, 4) is 66.6 Å². The number of rotatable bonds is 6. The molecule has 10 heteroatoms. The number of pyridine rings is 6. The molecular formula is C88H106N6O2S2+6. The molecule has 98 heavy (non-hydrogen) atoms. The molecule has 0 aliphatic heterocycles. The number of thiophene rings is 2. The second-order valence-corrected chi connectivity index (χ2v) is 24.9.